The molecule has 0 saturated heterocycles. The smallest absolute Gasteiger partial charge is 0.316 e. The van der Waals surface area contributed by atoms with Crippen LogP contribution in [0.15, 0.2) is 18.2 Å². The number of benzene rings is 1. The second kappa shape index (κ2) is 4.09. The van der Waals surface area contributed by atoms with Crippen LogP contribution in [0.3, 0.4) is 0 Å². The fourth-order valence-electron chi connectivity index (χ4n) is 1.30. The molecule has 1 rings (SSSR count). The van der Waals surface area contributed by atoms with Crippen molar-refractivity contribution < 1.29 is 18.1 Å². The Balaban J connectivity index is 3.13. The number of alkyl halides is 3. The summed E-state index contributed by atoms with van der Waals surface area (Å²) in [4.78, 5) is 9.71. The molecule has 1 atom stereocenters. The lowest BCUT2D eigenvalue weighted by Gasteiger charge is -2.17. The molecule has 0 aliphatic rings. The number of nitrogens with two attached hydrogens (primary N) is 1. The molecule has 0 bridgehead atoms. The molecule has 0 fully saturated rings. The van der Waals surface area contributed by atoms with E-state index in [1.54, 1.807) is 0 Å². The highest BCUT2D eigenvalue weighted by atomic mass is 19.4. The lowest BCUT2D eigenvalue weighted by atomic mass is 10.0. The van der Waals surface area contributed by atoms with Crippen LogP contribution in [-0.4, -0.2) is 11.1 Å². The third kappa shape index (κ3) is 2.48. The van der Waals surface area contributed by atoms with Crippen LogP contribution in [0.1, 0.15) is 17.2 Å². The Kier molecular flexibility index (Phi) is 3.18. The van der Waals surface area contributed by atoms with Gasteiger partial charge in [0.2, 0.25) is 0 Å². The molecule has 1 aromatic carbocycles. The van der Waals surface area contributed by atoms with E-state index in [2.05, 4.69) is 0 Å². The average Bonchev–Trinajstić information content (AvgIpc) is 2.15. The fourth-order valence-corrected chi connectivity index (χ4v) is 1.30. The van der Waals surface area contributed by atoms with Gasteiger partial charge in [-0.2, -0.15) is 13.2 Å². The van der Waals surface area contributed by atoms with Gasteiger partial charge in [0, 0.05) is 12.1 Å². The lowest BCUT2D eigenvalue weighted by molar-refractivity contribution is -0.384. The van der Waals surface area contributed by atoms with Gasteiger partial charge in [-0.25, -0.2) is 0 Å². The first-order valence-corrected chi connectivity index (χ1v) is 4.30. The summed E-state index contributed by atoms with van der Waals surface area (Å²) in [5, 5.41) is 10.4. The second-order valence-corrected chi connectivity index (χ2v) is 3.32. The zero-order chi connectivity index (χ0) is 12.5. The number of hydrogen-bond donors (Lipinski definition) is 1. The normalized spacial score (nSPS) is 13.6. The number of nitro groups is 1. The number of halogens is 3. The number of hydrogen-bond acceptors (Lipinski definition) is 3. The van der Waals surface area contributed by atoms with Crippen LogP contribution in [0.5, 0.6) is 0 Å². The third-order valence-electron chi connectivity index (χ3n) is 2.15. The summed E-state index contributed by atoms with van der Waals surface area (Å²) >= 11 is 0. The Bertz CT molecular complexity index is 418. The molecule has 0 aromatic heterocycles. The Morgan fingerprint density at radius 3 is 2.38 bits per heavy atom. The Morgan fingerprint density at radius 1 is 1.44 bits per heavy atom. The van der Waals surface area contributed by atoms with Gasteiger partial charge in [-0.05, 0) is 18.1 Å². The average molecular weight is 234 g/mol. The summed E-state index contributed by atoms with van der Waals surface area (Å²) in [5.74, 6) is 0. The van der Waals surface area contributed by atoms with Crippen LogP contribution in [0.4, 0.5) is 18.9 Å². The van der Waals surface area contributed by atoms with Gasteiger partial charge in [0.15, 0.2) is 0 Å². The molecule has 7 heteroatoms. The van der Waals surface area contributed by atoms with Crippen molar-refractivity contribution in [3.8, 4) is 0 Å². The van der Waals surface area contributed by atoms with E-state index < -0.39 is 17.1 Å². The van der Waals surface area contributed by atoms with Gasteiger partial charge in [0.05, 0.1) is 4.92 Å². The lowest BCUT2D eigenvalue weighted by Crippen LogP contribution is -2.29. The number of nitrogens with zero attached hydrogens (tertiary/aromatic N) is 1. The molecular formula is C9H9F3N2O2. The van der Waals surface area contributed by atoms with E-state index >= 15 is 0 Å². The molecule has 0 unspecified atom stereocenters. The van der Waals surface area contributed by atoms with Crippen molar-refractivity contribution in [1.82, 2.24) is 0 Å². The number of rotatable bonds is 2. The maximum atomic E-state index is 12.3. The summed E-state index contributed by atoms with van der Waals surface area (Å²) in [6.45, 7) is 1.36. The molecule has 4 nitrogen and oxygen atoms in total. The number of aryl methyl sites for hydroxylation is 1. The topological polar surface area (TPSA) is 69.2 Å². The fraction of sp³-hybridized carbons (Fsp3) is 0.333. The SMILES string of the molecule is Cc1cc([N+](=O)[O-])ccc1[C@@H](N)C(F)(F)F. The predicted molar refractivity (Wildman–Crippen MR) is 50.8 cm³/mol. The summed E-state index contributed by atoms with van der Waals surface area (Å²) in [6.07, 6.45) is -4.55. The van der Waals surface area contributed by atoms with E-state index in [9.17, 15) is 23.3 Å². The van der Waals surface area contributed by atoms with Gasteiger partial charge in [-0.3, -0.25) is 10.1 Å². The van der Waals surface area contributed by atoms with E-state index in [0.717, 1.165) is 18.2 Å². The van der Waals surface area contributed by atoms with Crippen molar-refractivity contribution in [2.24, 2.45) is 5.73 Å². The van der Waals surface area contributed by atoms with Crippen molar-refractivity contribution >= 4 is 5.69 Å². The van der Waals surface area contributed by atoms with Crippen molar-refractivity contribution in [3.05, 3.63) is 39.4 Å². The van der Waals surface area contributed by atoms with Crippen LogP contribution in [-0.2, 0) is 0 Å². The molecule has 0 amide bonds. The predicted octanol–water partition coefficient (Wildman–Crippen LogP) is 2.47. The molecule has 88 valence electrons. The van der Waals surface area contributed by atoms with E-state index in [4.69, 9.17) is 5.73 Å². The quantitative estimate of drug-likeness (QED) is 0.631. The highest BCUT2D eigenvalue weighted by Gasteiger charge is 2.38. The van der Waals surface area contributed by atoms with Crippen LogP contribution in [0, 0.1) is 17.0 Å². The molecule has 0 heterocycles. The zero-order valence-corrected chi connectivity index (χ0v) is 8.28. The number of nitro benzene ring substituents is 1. The maximum absolute atomic E-state index is 12.3. The highest BCUT2D eigenvalue weighted by molar-refractivity contribution is 5.40. The summed E-state index contributed by atoms with van der Waals surface area (Å²) in [5.41, 5.74) is 4.75. The molecule has 2 N–H and O–H groups in total. The standard InChI is InChI=1S/C9H9F3N2O2/c1-5-4-6(14(15)16)2-3-7(5)8(13)9(10,11)12/h2-4,8H,13H2,1H3/t8-/m1/s1. The van der Waals surface area contributed by atoms with Gasteiger partial charge >= 0.3 is 6.18 Å². The van der Waals surface area contributed by atoms with Gasteiger partial charge in [0.1, 0.15) is 6.04 Å². The van der Waals surface area contributed by atoms with Gasteiger partial charge in [-0.1, -0.05) is 6.07 Å². The molecule has 0 spiro atoms. The minimum absolute atomic E-state index is 0.152. The van der Waals surface area contributed by atoms with Gasteiger partial charge < -0.3 is 5.73 Å². The zero-order valence-electron chi connectivity index (χ0n) is 8.28. The van der Waals surface area contributed by atoms with E-state index in [1.807, 2.05) is 0 Å². The molecule has 16 heavy (non-hydrogen) atoms. The molecular weight excluding hydrogens is 225 g/mol. The third-order valence-corrected chi connectivity index (χ3v) is 2.15. The first-order valence-electron chi connectivity index (χ1n) is 4.30. The molecule has 1 aromatic rings. The summed E-state index contributed by atoms with van der Waals surface area (Å²) < 4.78 is 36.9. The Morgan fingerprint density at radius 2 is 2.00 bits per heavy atom. The molecule has 0 radical (unpaired) electrons. The number of non-ortho nitro benzene ring substituents is 1. The minimum atomic E-state index is -4.55. The summed E-state index contributed by atoms with van der Waals surface area (Å²) in [7, 11) is 0. The van der Waals surface area contributed by atoms with Gasteiger partial charge in [-0.15, -0.1) is 0 Å². The van der Waals surface area contributed by atoms with Crippen molar-refractivity contribution in [3.63, 3.8) is 0 Å². The van der Waals surface area contributed by atoms with Crippen LogP contribution in [0.25, 0.3) is 0 Å². The molecule has 0 saturated carbocycles. The second-order valence-electron chi connectivity index (χ2n) is 3.32. The van der Waals surface area contributed by atoms with Crippen LogP contribution in [0.2, 0.25) is 0 Å². The van der Waals surface area contributed by atoms with E-state index in [0.29, 0.717) is 0 Å². The van der Waals surface area contributed by atoms with Gasteiger partial charge in [0.25, 0.3) is 5.69 Å². The van der Waals surface area contributed by atoms with Crippen molar-refractivity contribution in [1.29, 1.82) is 0 Å². The first kappa shape index (κ1) is 12.4. The van der Waals surface area contributed by atoms with Crippen molar-refractivity contribution in [2.45, 2.75) is 19.1 Å². The maximum Gasteiger partial charge on any atom is 0.407 e. The molecule has 0 aliphatic heterocycles. The first-order chi connectivity index (χ1) is 7.23. The highest BCUT2D eigenvalue weighted by Crippen LogP contribution is 2.33. The van der Waals surface area contributed by atoms with Crippen molar-refractivity contribution in [2.75, 3.05) is 0 Å². The monoisotopic (exact) mass is 234 g/mol. The van der Waals surface area contributed by atoms with E-state index in [-0.39, 0.29) is 16.8 Å². The summed E-state index contributed by atoms with van der Waals surface area (Å²) in [6, 6.07) is 0.994. The Labute approximate surface area is 89.0 Å². The molecule has 0 aliphatic carbocycles. The van der Waals surface area contributed by atoms with Crippen LogP contribution >= 0.6 is 0 Å². The Hall–Kier alpha value is -1.63. The largest absolute Gasteiger partial charge is 0.407 e. The van der Waals surface area contributed by atoms with Crippen LogP contribution < -0.4 is 5.73 Å². The minimum Gasteiger partial charge on any atom is -0.316 e. The van der Waals surface area contributed by atoms with E-state index in [1.165, 1.54) is 6.92 Å².